The van der Waals surface area contributed by atoms with E-state index in [4.69, 9.17) is 46.4 Å². The number of carbonyl (C=O) groups excluding carboxylic acids is 2. The van der Waals surface area contributed by atoms with Crippen LogP contribution in [0.2, 0.25) is 20.2 Å². The van der Waals surface area contributed by atoms with Gasteiger partial charge in [0.1, 0.15) is 5.15 Å². The van der Waals surface area contributed by atoms with Crippen molar-refractivity contribution in [3.63, 3.8) is 0 Å². The molecular formula is C24H16Cl4N2O2. The van der Waals surface area contributed by atoms with Crippen molar-refractivity contribution in [2.75, 3.05) is 0 Å². The van der Waals surface area contributed by atoms with Gasteiger partial charge in [-0.2, -0.15) is 0 Å². The lowest BCUT2D eigenvalue weighted by molar-refractivity contribution is -0.117. The molecule has 1 amide bonds. The van der Waals surface area contributed by atoms with Crippen LogP contribution in [0.4, 0.5) is 0 Å². The second kappa shape index (κ2) is 9.55. The molecule has 0 bridgehead atoms. The summed E-state index contributed by atoms with van der Waals surface area (Å²) in [4.78, 5) is 25.7. The van der Waals surface area contributed by atoms with Crippen molar-refractivity contribution in [2.24, 2.45) is 0 Å². The monoisotopic (exact) mass is 504 g/mol. The van der Waals surface area contributed by atoms with E-state index in [9.17, 15) is 9.59 Å². The Kier molecular flexibility index (Phi) is 6.77. The van der Waals surface area contributed by atoms with Crippen molar-refractivity contribution in [3.05, 3.63) is 104 Å². The van der Waals surface area contributed by atoms with Crippen LogP contribution in [0.15, 0.2) is 66.7 Å². The molecule has 0 saturated heterocycles. The standard InChI is InChI=1S/C24H16Cl4N2O2/c25-16-8-5-14(6-9-16)12-29-24(32)22(31)21-18-3-1-2-4-20(18)30(23(21)28)13-15-7-10-17(26)11-19(15)27/h1-11H,12-13H2,(H,29,32). The molecule has 0 atom stereocenters. The first-order valence-electron chi connectivity index (χ1n) is 9.63. The highest BCUT2D eigenvalue weighted by atomic mass is 35.5. The molecule has 0 fully saturated rings. The third kappa shape index (κ3) is 4.64. The summed E-state index contributed by atoms with van der Waals surface area (Å²) in [5.74, 6) is -1.45. The number of ketones is 1. The molecule has 32 heavy (non-hydrogen) atoms. The Morgan fingerprint density at radius 3 is 2.25 bits per heavy atom. The van der Waals surface area contributed by atoms with Crippen LogP contribution in [0.1, 0.15) is 21.5 Å². The van der Waals surface area contributed by atoms with Gasteiger partial charge in [0.2, 0.25) is 0 Å². The van der Waals surface area contributed by atoms with Crippen molar-refractivity contribution in [3.8, 4) is 0 Å². The summed E-state index contributed by atoms with van der Waals surface area (Å²) < 4.78 is 1.76. The Hall–Kier alpha value is -2.50. The topological polar surface area (TPSA) is 51.1 Å². The van der Waals surface area contributed by atoms with Crippen LogP contribution in [0.5, 0.6) is 0 Å². The van der Waals surface area contributed by atoms with Crippen LogP contribution in [0.3, 0.4) is 0 Å². The zero-order valence-corrected chi connectivity index (χ0v) is 19.6. The lowest BCUT2D eigenvalue weighted by Crippen LogP contribution is -2.30. The molecule has 0 aliphatic rings. The number of aromatic nitrogens is 1. The molecule has 8 heteroatoms. The summed E-state index contributed by atoms with van der Waals surface area (Å²) in [6.07, 6.45) is 0. The smallest absolute Gasteiger partial charge is 0.292 e. The van der Waals surface area contributed by atoms with Gasteiger partial charge in [0.15, 0.2) is 0 Å². The lowest BCUT2D eigenvalue weighted by atomic mass is 10.1. The number of para-hydroxylation sites is 1. The van der Waals surface area contributed by atoms with Gasteiger partial charge in [0, 0.05) is 27.0 Å². The molecule has 0 spiro atoms. The molecule has 0 aliphatic heterocycles. The Morgan fingerprint density at radius 1 is 0.844 bits per heavy atom. The van der Waals surface area contributed by atoms with E-state index in [0.717, 1.165) is 16.6 Å². The van der Waals surface area contributed by atoms with Gasteiger partial charge in [-0.15, -0.1) is 0 Å². The molecule has 0 aliphatic carbocycles. The number of hydrogen-bond donors (Lipinski definition) is 1. The minimum atomic E-state index is -0.741. The number of fused-ring (bicyclic) bond motifs is 1. The van der Waals surface area contributed by atoms with E-state index in [-0.39, 0.29) is 17.3 Å². The van der Waals surface area contributed by atoms with Crippen molar-refractivity contribution >= 4 is 69.0 Å². The molecule has 0 saturated carbocycles. The SMILES string of the molecule is O=C(NCc1ccc(Cl)cc1)C(=O)c1c(Cl)n(Cc2ccc(Cl)cc2Cl)c2ccccc12. The summed E-state index contributed by atoms with van der Waals surface area (Å²) in [6, 6.07) is 19.4. The fourth-order valence-corrected chi connectivity index (χ4v) is 4.37. The Labute approximate surface area is 204 Å². The van der Waals surface area contributed by atoms with Gasteiger partial charge in [-0.05, 0) is 41.5 Å². The zero-order valence-electron chi connectivity index (χ0n) is 16.5. The number of nitrogens with one attached hydrogen (secondary N) is 1. The lowest BCUT2D eigenvalue weighted by Gasteiger charge is -2.10. The van der Waals surface area contributed by atoms with Crippen LogP contribution < -0.4 is 5.32 Å². The van der Waals surface area contributed by atoms with E-state index < -0.39 is 11.7 Å². The number of hydrogen-bond acceptors (Lipinski definition) is 2. The molecule has 1 N–H and O–H groups in total. The predicted molar refractivity (Wildman–Crippen MR) is 130 cm³/mol. The Balaban J connectivity index is 1.65. The molecule has 4 rings (SSSR count). The fourth-order valence-electron chi connectivity index (χ4n) is 3.44. The average Bonchev–Trinajstić information content (AvgIpc) is 3.05. The first-order valence-corrected chi connectivity index (χ1v) is 11.1. The maximum absolute atomic E-state index is 13.1. The minimum absolute atomic E-state index is 0.154. The van der Waals surface area contributed by atoms with Crippen LogP contribution in [-0.4, -0.2) is 16.3 Å². The normalized spacial score (nSPS) is 11.0. The van der Waals surface area contributed by atoms with Crippen molar-refractivity contribution in [1.29, 1.82) is 0 Å². The maximum atomic E-state index is 13.1. The van der Waals surface area contributed by atoms with Gasteiger partial charge in [-0.1, -0.05) is 82.8 Å². The van der Waals surface area contributed by atoms with Crippen LogP contribution >= 0.6 is 46.4 Å². The summed E-state index contributed by atoms with van der Waals surface area (Å²) in [7, 11) is 0. The number of benzene rings is 3. The summed E-state index contributed by atoms with van der Waals surface area (Å²) in [6.45, 7) is 0.507. The summed E-state index contributed by atoms with van der Waals surface area (Å²) in [5, 5.41) is 5.01. The van der Waals surface area contributed by atoms with E-state index in [0.29, 0.717) is 27.0 Å². The largest absolute Gasteiger partial charge is 0.345 e. The predicted octanol–water partition coefficient (Wildman–Crippen LogP) is 6.80. The highest BCUT2D eigenvalue weighted by Crippen LogP contribution is 2.32. The van der Waals surface area contributed by atoms with Crippen LogP contribution in [-0.2, 0) is 17.9 Å². The molecule has 4 aromatic rings. The van der Waals surface area contributed by atoms with E-state index in [2.05, 4.69) is 5.32 Å². The van der Waals surface area contributed by atoms with Crippen LogP contribution in [0.25, 0.3) is 10.9 Å². The minimum Gasteiger partial charge on any atom is -0.345 e. The third-order valence-corrected chi connectivity index (χ3v) is 6.28. The summed E-state index contributed by atoms with van der Waals surface area (Å²) in [5.41, 5.74) is 2.48. The highest BCUT2D eigenvalue weighted by Gasteiger charge is 2.26. The Morgan fingerprint density at radius 2 is 1.53 bits per heavy atom. The van der Waals surface area contributed by atoms with Gasteiger partial charge < -0.3 is 9.88 Å². The van der Waals surface area contributed by atoms with Crippen LogP contribution in [0, 0.1) is 0 Å². The van der Waals surface area contributed by atoms with E-state index in [1.807, 2.05) is 12.1 Å². The quantitative estimate of drug-likeness (QED) is 0.231. The van der Waals surface area contributed by atoms with Crippen molar-refractivity contribution < 1.29 is 9.59 Å². The van der Waals surface area contributed by atoms with Crippen molar-refractivity contribution in [2.45, 2.75) is 13.1 Å². The first kappa shape index (κ1) is 22.7. The second-order valence-electron chi connectivity index (χ2n) is 7.14. The molecule has 162 valence electrons. The maximum Gasteiger partial charge on any atom is 0.292 e. The number of rotatable bonds is 6. The number of carbonyl (C=O) groups is 2. The number of amides is 1. The molecular weight excluding hydrogens is 490 g/mol. The molecule has 1 aromatic heterocycles. The molecule has 4 nitrogen and oxygen atoms in total. The second-order valence-corrected chi connectivity index (χ2v) is 8.78. The van der Waals surface area contributed by atoms with Gasteiger partial charge in [0.25, 0.3) is 11.7 Å². The van der Waals surface area contributed by atoms with Crippen molar-refractivity contribution in [1.82, 2.24) is 9.88 Å². The number of halogens is 4. The summed E-state index contributed by atoms with van der Waals surface area (Å²) >= 11 is 24.8. The zero-order chi connectivity index (χ0) is 22.8. The van der Waals surface area contributed by atoms with Gasteiger partial charge in [0.05, 0.1) is 17.6 Å². The molecule has 1 heterocycles. The van der Waals surface area contributed by atoms with Gasteiger partial charge in [-0.25, -0.2) is 0 Å². The third-order valence-electron chi connectivity index (χ3n) is 5.05. The van der Waals surface area contributed by atoms with E-state index in [1.165, 1.54) is 0 Å². The Bertz CT molecular complexity index is 1330. The highest BCUT2D eigenvalue weighted by molar-refractivity contribution is 6.49. The van der Waals surface area contributed by atoms with Gasteiger partial charge >= 0.3 is 0 Å². The first-order chi connectivity index (χ1) is 15.3. The molecule has 3 aromatic carbocycles. The fraction of sp³-hybridized carbons (Fsp3) is 0.0833. The number of nitrogens with zero attached hydrogens (tertiary/aromatic N) is 1. The van der Waals surface area contributed by atoms with Gasteiger partial charge in [-0.3, -0.25) is 9.59 Å². The molecule has 0 unspecified atom stereocenters. The average molecular weight is 506 g/mol. The van der Waals surface area contributed by atoms with E-state index >= 15 is 0 Å². The molecule has 0 radical (unpaired) electrons. The number of Topliss-reactive ketones (excluding diaryl/α,β-unsaturated/α-hetero) is 1. The van der Waals surface area contributed by atoms with E-state index in [1.54, 1.807) is 59.2 Å².